The maximum Gasteiger partial charge on any atom is 0.256 e. The SMILES string of the molecule is CCC(=O)c1sc(NCCC(C)C)c(C(=O)NC)c1N. The van der Waals surface area contributed by atoms with Gasteiger partial charge in [-0.1, -0.05) is 20.8 Å². The molecular weight excluding hydrogens is 274 g/mol. The predicted octanol–water partition coefficient (Wildman–Crippen LogP) is 2.74. The van der Waals surface area contributed by atoms with Gasteiger partial charge >= 0.3 is 0 Å². The molecule has 0 saturated heterocycles. The largest absolute Gasteiger partial charge is 0.397 e. The van der Waals surface area contributed by atoms with Crippen molar-refractivity contribution in [3.8, 4) is 0 Å². The van der Waals surface area contributed by atoms with Crippen molar-refractivity contribution < 1.29 is 9.59 Å². The highest BCUT2D eigenvalue weighted by molar-refractivity contribution is 7.19. The lowest BCUT2D eigenvalue weighted by atomic mass is 10.1. The van der Waals surface area contributed by atoms with E-state index in [1.165, 1.54) is 11.3 Å². The molecule has 0 aliphatic carbocycles. The fourth-order valence-corrected chi connectivity index (χ4v) is 2.91. The first-order valence-corrected chi connectivity index (χ1v) is 7.65. The van der Waals surface area contributed by atoms with Crippen LogP contribution in [-0.4, -0.2) is 25.3 Å². The van der Waals surface area contributed by atoms with Crippen LogP contribution in [-0.2, 0) is 0 Å². The van der Waals surface area contributed by atoms with Crippen LogP contribution in [0.3, 0.4) is 0 Å². The summed E-state index contributed by atoms with van der Waals surface area (Å²) in [7, 11) is 1.55. The zero-order chi connectivity index (χ0) is 15.3. The number of hydrogen-bond donors (Lipinski definition) is 3. The number of nitrogens with two attached hydrogens (primary N) is 1. The van der Waals surface area contributed by atoms with Crippen molar-refractivity contribution in [2.75, 3.05) is 24.6 Å². The Morgan fingerprint density at radius 2 is 2.00 bits per heavy atom. The van der Waals surface area contributed by atoms with Crippen LogP contribution in [0.4, 0.5) is 10.7 Å². The zero-order valence-corrected chi connectivity index (χ0v) is 13.3. The van der Waals surface area contributed by atoms with E-state index in [1.807, 2.05) is 0 Å². The van der Waals surface area contributed by atoms with Crippen molar-refractivity contribution in [3.63, 3.8) is 0 Å². The van der Waals surface area contributed by atoms with E-state index < -0.39 is 0 Å². The Hall–Kier alpha value is -1.56. The fourth-order valence-electron chi connectivity index (χ4n) is 1.76. The molecule has 6 heteroatoms. The molecule has 1 rings (SSSR count). The van der Waals surface area contributed by atoms with E-state index in [0.29, 0.717) is 27.8 Å². The van der Waals surface area contributed by atoms with Crippen molar-refractivity contribution in [1.82, 2.24) is 5.32 Å². The topological polar surface area (TPSA) is 84.2 Å². The van der Waals surface area contributed by atoms with Crippen molar-refractivity contribution in [2.45, 2.75) is 33.6 Å². The minimum Gasteiger partial charge on any atom is -0.397 e. The molecule has 112 valence electrons. The van der Waals surface area contributed by atoms with Crippen molar-refractivity contribution in [3.05, 3.63) is 10.4 Å². The highest BCUT2D eigenvalue weighted by atomic mass is 32.1. The van der Waals surface area contributed by atoms with Crippen molar-refractivity contribution in [2.24, 2.45) is 5.92 Å². The molecule has 1 aromatic heterocycles. The van der Waals surface area contributed by atoms with Gasteiger partial charge in [-0.3, -0.25) is 9.59 Å². The minimum atomic E-state index is -0.263. The van der Waals surface area contributed by atoms with Gasteiger partial charge < -0.3 is 16.4 Å². The first kappa shape index (κ1) is 16.5. The predicted molar refractivity (Wildman–Crippen MR) is 84.7 cm³/mol. The lowest BCUT2D eigenvalue weighted by molar-refractivity contribution is 0.0964. The number of nitrogens with one attached hydrogen (secondary N) is 2. The Bertz CT molecular complexity index is 495. The number of carbonyl (C=O) groups excluding carboxylic acids is 2. The quantitative estimate of drug-likeness (QED) is 0.676. The maximum absolute atomic E-state index is 11.9. The molecule has 0 spiro atoms. The summed E-state index contributed by atoms with van der Waals surface area (Å²) in [5.74, 6) is 0.274. The van der Waals surface area contributed by atoms with E-state index in [0.717, 1.165) is 13.0 Å². The van der Waals surface area contributed by atoms with Gasteiger partial charge in [-0.05, 0) is 12.3 Å². The summed E-state index contributed by atoms with van der Waals surface area (Å²) in [6.45, 7) is 6.81. The molecule has 0 fully saturated rings. The number of carbonyl (C=O) groups is 2. The monoisotopic (exact) mass is 297 g/mol. The van der Waals surface area contributed by atoms with Gasteiger partial charge in [0.15, 0.2) is 5.78 Å². The van der Waals surface area contributed by atoms with Crippen molar-refractivity contribution >= 4 is 33.7 Å². The van der Waals surface area contributed by atoms with Crippen molar-refractivity contribution in [1.29, 1.82) is 0 Å². The lowest BCUT2D eigenvalue weighted by Gasteiger charge is -2.08. The van der Waals surface area contributed by atoms with E-state index in [9.17, 15) is 9.59 Å². The molecule has 1 heterocycles. The molecule has 0 saturated carbocycles. The van der Waals surface area contributed by atoms with Gasteiger partial charge in [-0.15, -0.1) is 11.3 Å². The van der Waals surface area contributed by atoms with Gasteiger partial charge in [0.05, 0.1) is 16.1 Å². The van der Waals surface area contributed by atoms with E-state index in [1.54, 1.807) is 14.0 Å². The summed E-state index contributed by atoms with van der Waals surface area (Å²) in [6, 6.07) is 0. The Morgan fingerprint density at radius 3 is 2.50 bits per heavy atom. The van der Waals surface area contributed by atoms with Crippen LogP contribution in [0.25, 0.3) is 0 Å². The third kappa shape index (κ3) is 3.72. The van der Waals surface area contributed by atoms with Gasteiger partial charge in [0.1, 0.15) is 5.00 Å². The molecule has 0 unspecified atom stereocenters. The van der Waals surface area contributed by atoms with Crippen LogP contribution in [0.15, 0.2) is 0 Å². The normalized spacial score (nSPS) is 10.7. The molecule has 0 aliphatic rings. The number of amides is 1. The molecule has 0 atom stereocenters. The average Bonchev–Trinajstić information content (AvgIpc) is 2.73. The molecule has 1 aromatic rings. The van der Waals surface area contributed by atoms with Gasteiger partial charge in [-0.2, -0.15) is 0 Å². The Labute approximate surface area is 123 Å². The Morgan fingerprint density at radius 1 is 1.35 bits per heavy atom. The van der Waals surface area contributed by atoms with Crippen LogP contribution < -0.4 is 16.4 Å². The highest BCUT2D eigenvalue weighted by Crippen LogP contribution is 2.36. The summed E-state index contributed by atoms with van der Waals surface area (Å²) in [5.41, 5.74) is 6.65. The summed E-state index contributed by atoms with van der Waals surface area (Å²) in [4.78, 5) is 24.3. The Balaban J connectivity index is 3.07. The third-order valence-electron chi connectivity index (χ3n) is 2.98. The number of anilines is 2. The van der Waals surface area contributed by atoms with E-state index in [2.05, 4.69) is 24.5 Å². The number of Topliss-reactive ketones (excluding diaryl/α,β-unsaturated/α-hetero) is 1. The molecule has 1 amide bonds. The van der Waals surface area contributed by atoms with Crippen LogP contribution >= 0.6 is 11.3 Å². The molecule has 0 bridgehead atoms. The highest BCUT2D eigenvalue weighted by Gasteiger charge is 2.24. The standard InChI is InChI=1S/C14H23N3O2S/c1-5-9(18)12-11(15)10(13(19)16-4)14(20-12)17-7-6-8(2)3/h8,17H,5-7,15H2,1-4H3,(H,16,19). The van der Waals surface area contributed by atoms with Crippen LogP contribution in [0.5, 0.6) is 0 Å². The van der Waals surface area contributed by atoms with E-state index in [4.69, 9.17) is 5.73 Å². The van der Waals surface area contributed by atoms with Crippen LogP contribution in [0.2, 0.25) is 0 Å². The number of hydrogen-bond acceptors (Lipinski definition) is 5. The fraction of sp³-hybridized carbons (Fsp3) is 0.571. The second kappa shape index (κ2) is 7.28. The molecule has 5 nitrogen and oxygen atoms in total. The minimum absolute atomic E-state index is 0.0328. The molecule has 4 N–H and O–H groups in total. The summed E-state index contributed by atoms with van der Waals surface area (Å²) in [5, 5.41) is 6.47. The molecular formula is C14H23N3O2S. The summed E-state index contributed by atoms with van der Waals surface area (Å²) < 4.78 is 0. The zero-order valence-electron chi connectivity index (χ0n) is 12.5. The first-order chi connectivity index (χ1) is 9.42. The summed E-state index contributed by atoms with van der Waals surface area (Å²) >= 11 is 1.27. The van der Waals surface area contributed by atoms with E-state index >= 15 is 0 Å². The van der Waals surface area contributed by atoms with Gasteiger partial charge in [0, 0.05) is 20.0 Å². The second-order valence-corrected chi connectivity index (χ2v) is 6.03. The van der Waals surface area contributed by atoms with Gasteiger partial charge in [0.25, 0.3) is 5.91 Å². The van der Waals surface area contributed by atoms with Gasteiger partial charge in [0.2, 0.25) is 0 Å². The number of ketones is 1. The molecule has 0 aliphatic heterocycles. The first-order valence-electron chi connectivity index (χ1n) is 6.83. The Kier molecular flexibility index (Phi) is 6.01. The molecule has 0 aromatic carbocycles. The number of nitrogen functional groups attached to an aromatic ring is 1. The van der Waals surface area contributed by atoms with Gasteiger partial charge in [-0.25, -0.2) is 0 Å². The lowest BCUT2D eigenvalue weighted by Crippen LogP contribution is -2.20. The average molecular weight is 297 g/mol. The van der Waals surface area contributed by atoms with Crippen LogP contribution in [0.1, 0.15) is 53.6 Å². The second-order valence-electron chi connectivity index (χ2n) is 5.01. The third-order valence-corrected chi connectivity index (χ3v) is 4.19. The summed E-state index contributed by atoms with van der Waals surface area (Å²) in [6.07, 6.45) is 1.37. The number of thiophene rings is 1. The molecule has 0 radical (unpaired) electrons. The smallest absolute Gasteiger partial charge is 0.256 e. The molecule has 20 heavy (non-hydrogen) atoms. The maximum atomic E-state index is 11.9. The van der Waals surface area contributed by atoms with E-state index in [-0.39, 0.29) is 17.4 Å². The van der Waals surface area contributed by atoms with Crippen LogP contribution in [0, 0.1) is 5.92 Å². The number of rotatable bonds is 7.